The van der Waals surface area contributed by atoms with Crippen LogP contribution >= 0.6 is 0 Å². The van der Waals surface area contributed by atoms with Crippen molar-refractivity contribution in [2.24, 2.45) is 7.05 Å². The number of hydrogen-bond donors (Lipinski definition) is 0. The van der Waals surface area contributed by atoms with Gasteiger partial charge in [-0.3, -0.25) is 0 Å². The smallest absolute Gasteiger partial charge is 0.237 e. The quantitative estimate of drug-likeness (QED) is 0.473. The van der Waals surface area contributed by atoms with E-state index in [1.54, 1.807) is 0 Å². The molecule has 4 rings (SSSR count). The largest absolute Gasteiger partial charge is 0.311 e. The molecule has 2 aromatic carbocycles. The molecule has 4 aromatic rings. The van der Waals surface area contributed by atoms with Crippen LogP contribution in [0.5, 0.6) is 0 Å². The molecule has 0 fully saturated rings. The van der Waals surface area contributed by atoms with E-state index in [9.17, 15) is 0 Å². The van der Waals surface area contributed by atoms with Gasteiger partial charge in [0.05, 0.1) is 5.56 Å². The van der Waals surface area contributed by atoms with Crippen LogP contribution in [0.25, 0.3) is 27.8 Å². The molecule has 0 saturated carbocycles. The van der Waals surface area contributed by atoms with Gasteiger partial charge in [-0.1, -0.05) is 36.4 Å². The minimum Gasteiger partial charge on any atom is -0.311 e. The fourth-order valence-corrected chi connectivity index (χ4v) is 3.42. The highest BCUT2D eigenvalue weighted by Crippen LogP contribution is 2.31. The molecule has 0 radical (unpaired) electrons. The Morgan fingerprint density at radius 3 is 2.29 bits per heavy atom. The van der Waals surface area contributed by atoms with E-state index in [0.717, 1.165) is 0 Å². The molecular formula is C22H21N2+. The third kappa shape index (κ3) is 2.23. The number of rotatable bonds is 2. The average molecular weight is 313 g/mol. The molecule has 0 aliphatic heterocycles. The summed E-state index contributed by atoms with van der Waals surface area (Å²) in [4.78, 5) is 0. The van der Waals surface area contributed by atoms with Crippen LogP contribution in [-0.2, 0) is 7.05 Å². The lowest BCUT2D eigenvalue weighted by atomic mass is 10.0. The molecule has 2 aromatic heterocycles. The standard InChI is InChI=1S/C22H21N2/c1-16-9-7-8-12-20(16)22-21-18(15-17(2)23(22)3)13-14-24(21)19-10-5-4-6-11-19/h4-15H,1-3H3/q+1. The Morgan fingerprint density at radius 1 is 0.833 bits per heavy atom. The lowest BCUT2D eigenvalue weighted by molar-refractivity contribution is -0.665. The van der Waals surface area contributed by atoms with E-state index in [0.29, 0.717) is 0 Å². The van der Waals surface area contributed by atoms with E-state index in [1.807, 2.05) is 0 Å². The molecule has 0 saturated heterocycles. The second-order valence-corrected chi connectivity index (χ2v) is 6.33. The van der Waals surface area contributed by atoms with E-state index in [4.69, 9.17) is 0 Å². The van der Waals surface area contributed by atoms with Gasteiger partial charge in [-0.25, -0.2) is 0 Å². The van der Waals surface area contributed by atoms with Crippen molar-refractivity contribution in [3.05, 3.63) is 84.2 Å². The lowest BCUT2D eigenvalue weighted by Gasteiger charge is -2.11. The van der Waals surface area contributed by atoms with E-state index in [2.05, 4.69) is 103 Å². The number of hydrogen-bond acceptors (Lipinski definition) is 0. The third-order valence-corrected chi connectivity index (χ3v) is 4.81. The Kier molecular flexibility index (Phi) is 3.46. The second kappa shape index (κ2) is 5.64. The van der Waals surface area contributed by atoms with Gasteiger partial charge in [0.2, 0.25) is 5.69 Å². The van der Waals surface area contributed by atoms with Crippen molar-refractivity contribution in [2.45, 2.75) is 13.8 Å². The van der Waals surface area contributed by atoms with Crippen LogP contribution < -0.4 is 4.57 Å². The van der Waals surface area contributed by atoms with Gasteiger partial charge in [0.1, 0.15) is 12.6 Å². The van der Waals surface area contributed by atoms with Crippen molar-refractivity contribution >= 4 is 10.9 Å². The Hall–Kier alpha value is -2.87. The Bertz CT molecular complexity index is 1030. The summed E-state index contributed by atoms with van der Waals surface area (Å²) >= 11 is 0. The Labute approximate surface area is 142 Å². The zero-order chi connectivity index (χ0) is 16.7. The number of para-hydroxylation sites is 1. The van der Waals surface area contributed by atoms with Gasteiger partial charge in [0.15, 0.2) is 5.69 Å². The fourth-order valence-electron chi connectivity index (χ4n) is 3.42. The lowest BCUT2D eigenvalue weighted by Crippen LogP contribution is -2.35. The van der Waals surface area contributed by atoms with Gasteiger partial charge < -0.3 is 4.57 Å². The van der Waals surface area contributed by atoms with E-state index < -0.39 is 0 Å². The summed E-state index contributed by atoms with van der Waals surface area (Å²) in [6, 6.07) is 23.6. The monoisotopic (exact) mass is 313 g/mol. The SMILES string of the molecule is Cc1ccccc1-c1c2c(ccn2-c2ccccc2)cc(C)[n+]1C. The van der Waals surface area contributed by atoms with E-state index >= 15 is 0 Å². The van der Waals surface area contributed by atoms with E-state index in [-0.39, 0.29) is 0 Å². The molecular weight excluding hydrogens is 292 g/mol. The van der Waals surface area contributed by atoms with Gasteiger partial charge >= 0.3 is 0 Å². The summed E-state index contributed by atoms with van der Waals surface area (Å²) in [6.07, 6.45) is 2.17. The van der Waals surface area contributed by atoms with Crippen molar-refractivity contribution in [1.82, 2.24) is 4.57 Å². The molecule has 0 N–H and O–H groups in total. The van der Waals surface area contributed by atoms with Crippen LogP contribution in [0.15, 0.2) is 72.9 Å². The highest BCUT2D eigenvalue weighted by atomic mass is 15.0. The molecule has 0 bridgehead atoms. The Morgan fingerprint density at radius 2 is 1.54 bits per heavy atom. The zero-order valence-electron chi connectivity index (χ0n) is 14.3. The molecule has 24 heavy (non-hydrogen) atoms. The van der Waals surface area contributed by atoms with Crippen LogP contribution in [0.2, 0.25) is 0 Å². The first-order valence-corrected chi connectivity index (χ1v) is 8.29. The summed E-state index contributed by atoms with van der Waals surface area (Å²) in [5, 5.41) is 1.27. The van der Waals surface area contributed by atoms with Gasteiger partial charge in [0.25, 0.3) is 0 Å². The van der Waals surface area contributed by atoms with Gasteiger partial charge in [0, 0.05) is 30.3 Å². The molecule has 2 nitrogen and oxygen atoms in total. The third-order valence-electron chi connectivity index (χ3n) is 4.81. The molecule has 0 aliphatic carbocycles. The zero-order valence-corrected chi connectivity index (χ0v) is 14.3. The first-order chi connectivity index (χ1) is 11.7. The number of fused-ring (bicyclic) bond motifs is 1. The maximum Gasteiger partial charge on any atom is 0.237 e. The van der Waals surface area contributed by atoms with Gasteiger partial charge in [-0.05, 0) is 36.8 Å². The highest BCUT2D eigenvalue weighted by molar-refractivity contribution is 5.93. The number of aryl methyl sites for hydroxylation is 2. The van der Waals surface area contributed by atoms with Crippen molar-refractivity contribution in [2.75, 3.05) is 0 Å². The van der Waals surface area contributed by atoms with Gasteiger partial charge in [-0.15, -0.1) is 0 Å². The van der Waals surface area contributed by atoms with Crippen LogP contribution in [0.4, 0.5) is 0 Å². The normalized spacial score (nSPS) is 11.1. The summed E-state index contributed by atoms with van der Waals surface area (Å²) in [5.74, 6) is 0. The minimum atomic E-state index is 1.19. The van der Waals surface area contributed by atoms with Crippen molar-refractivity contribution in [3.8, 4) is 16.9 Å². The summed E-state index contributed by atoms with van der Waals surface area (Å²) in [7, 11) is 2.15. The van der Waals surface area contributed by atoms with Crippen LogP contribution in [0.3, 0.4) is 0 Å². The molecule has 0 unspecified atom stereocenters. The fraction of sp³-hybridized carbons (Fsp3) is 0.136. The van der Waals surface area contributed by atoms with Gasteiger partial charge in [-0.2, -0.15) is 4.57 Å². The van der Waals surface area contributed by atoms with Crippen molar-refractivity contribution < 1.29 is 4.57 Å². The predicted molar refractivity (Wildman–Crippen MR) is 99.4 cm³/mol. The topological polar surface area (TPSA) is 8.81 Å². The molecule has 0 amide bonds. The molecule has 0 spiro atoms. The number of aromatic nitrogens is 2. The minimum absolute atomic E-state index is 1.19. The highest BCUT2D eigenvalue weighted by Gasteiger charge is 2.22. The number of benzene rings is 2. The maximum absolute atomic E-state index is 2.30. The summed E-state index contributed by atoms with van der Waals surface area (Å²) < 4.78 is 4.58. The van der Waals surface area contributed by atoms with Crippen LogP contribution in [-0.4, -0.2) is 4.57 Å². The van der Waals surface area contributed by atoms with Crippen LogP contribution in [0, 0.1) is 13.8 Å². The average Bonchev–Trinajstić information content (AvgIpc) is 3.01. The first kappa shape index (κ1) is 14.7. The molecule has 118 valence electrons. The molecule has 0 atom stereocenters. The molecule has 2 heteroatoms. The molecule has 0 aliphatic rings. The predicted octanol–water partition coefficient (Wildman–Crippen LogP) is 4.74. The van der Waals surface area contributed by atoms with E-state index in [1.165, 1.54) is 39.1 Å². The van der Waals surface area contributed by atoms with Crippen molar-refractivity contribution in [3.63, 3.8) is 0 Å². The summed E-state index contributed by atoms with van der Waals surface area (Å²) in [5.41, 5.74) is 7.53. The number of nitrogens with zero attached hydrogens (tertiary/aromatic N) is 2. The summed E-state index contributed by atoms with van der Waals surface area (Å²) in [6.45, 7) is 4.35. The second-order valence-electron chi connectivity index (χ2n) is 6.33. The first-order valence-electron chi connectivity index (χ1n) is 8.29. The Balaban J connectivity index is 2.14. The maximum atomic E-state index is 2.30. The molecule has 2 heterocycles. The van der Waals surface area contributed by atoms with Crippen molar-refractivity contribution in [1.29, 1.82) is 0 Å². The number of pyridine rings is 1. The van der Waals surface area contributed by atoms with Crippen LogP contribution in [0.1, 0.15) is 11.3 Å².